The van der Waals surface area contributed by atoms with Crippen molar-refractivity contribution in [1.82, 2.24) is 30.0 Å². The summed E-state index contributed by atoms with van der Waals surface area (Å²) in [7, 11) is -1.49. The van der Waals surface area contributed by atoms with Gasteiger partial charge in [-0.25, -0.2) is 8.42 Å². The summed E-state index contributed by atoms with van der Waals surface area (Å²) in [5.41, 5.74) is 1.67. The summed E-state index contributed by atoms with van der Waals surface area (Å²) in [4.78, 5) is 25.8. The molecule has 0 bridgehead atoms. The Kier molecular flexibility index (Phi) is 5.41. The molecule has 1 amide bonds. The van der Waals surface area contributed by atoms with Gasteiger partial charge in [0.2, 0.25) is 5.95 Å². The van der Waals surface area contributed by atoms with Crippen molar-refractivity contribution >= 4 is 44.2 Å². The molecule has 3 heterocycles. The van der Waals surface area contributed by atoms with E-state index in [1.807, 2.05) is 4.90 Å². The first kappa shape index (κ1) is 21.6. The van der Waals surface area contributed by atoms with E-state index in [1.54, 1.807) is 24.3 Å². The van der Waals surface area contributed by atoms with Crippen LogP contribution in [-0.4, -0.2) is 89.8 Å². The highest BCUT2D eigenvalue weighted by Crippen LogP contribution is 2.32. The number of rotatable bonds is 6. The third-order valence-electron chi connectivity index (χ3n) is 5.83. The van der Waals surface area contributed by atoms with Crippen LogP contribution in [-0.2, 0) is 9.84 Å². The number of carbonyl (C=O) groups excluding carboxylic acids is 1. The number of nitrogens with one attached hydrogen (secondary N) is 3. The average molecular weight is 471 g/mol. The van der Waals surface area contributed by atoms with Crippen molar-refractivity contribution in [2.75, 3.05) is 50.1 Å². The van der Waals surface area contributed by atoms with Crippen molar-refractivity contribution in [1.29, 1.82) is 0 Å². The average Bonchev–Trinajstić information content (AvgIpc) is 3.48. The summed E-state index contributed by atoms with van der Waals surface area (Å²) in [5, 5.41) is 13.4. The minimum Gasteiger partial charge on any atom is -0.367 e. The van der Waals surface area contributed by atoms with Crippen molar-refractivity contribution < 1.29 is 13.2 Å². The van der Waals surface area contributed by atoms with Crippen molar-refractivity contribution in [2.24, 2.45) is 0 Å². The minimum atomic E-state index is -3.54. The molecule has 2 aromatic heterocycles. The monoisotopic (exact) mass is 470 g/mol. The quantitative estimate of drug-likeness (QED) is 0.489. The molecule has 33 heavy (non-hydrogen) atoms. The molecule has 3 N–H and O–H groups in total. The van der Waals surface area contributed by atoms with E-state index in [0.29, 0.717) is 34.1 Å². The summed E-state index contributed by atoms with van der Waals surface area (Å²) in [6.45, 7) is 3.19. The van der Waals surface area contributed by atoms with Gasteiger partial charge in [-0.3, -0.25) is 9.89 Å². The number of aromatic nitrogens is 4. The Labute approximate surface area is 191 Å². The summed E-state index contributed by atoms with van der Waals surface area (Å²) < 4.78 is 24.3. The number of anilines is 3. The Hall–Kier alpha value is -3.25. The first-order valence-electron chi connectivity index (χ1n) is 10.9. The Morgan fingerprint density at radius 3 is 2.42 bits per heavy atom. The van der Waals surface area contributed by atoms with Gasteiger partial charge in [-0.15, -0.1) is 0 Å². The SMILES string of the molecule is CN1CCN(C(=O)c2ccc(Nc3nc(NC4CC4)c4c(S(C)(=O)=O)n[nH]c4n3)cc2)CC1. The standard InChI is InChI=1S/C21H26N8O3S/c1-28-9-11-29(12-10-28)20(30)13-3-5-15(6-4-13)23-21-24-17(22-14-7-8-14)16-18(25-21)26-27-19(16)33(2,31)32/h3-6,14H,7-12H2,1-2H3,(H3,22,23,24,25,26,27). The van der Waals surface area contributed by atoms with Crippen LogP contribution in [0, 0.1) is 0 Å². The highest BCUT2D eigenvalue weighted by atomic mass is 32.2. The van der Waals surface area contributed by atoms with E-state index in [2.05, 4.69) is 42.7 Å². The summed E-state index contributed by atoms with van der Waals surface area (Å²) in [6.07, 6.45) is 3.12. The lowest BCUT2D eigenvalue weighted by atomic mass is 10.1. The molecule has 0 atom stereocenters. The van der Waals surface area contributed by atoms with Gasteiger partial charge in [0.25, 0.3) is 5.91 Å². The number of piperazine rings is 1. The fourth-order valence-corrected chi connectivity index (χ4v) is 4.55. The van der Waals surface area contributed by atoms with E-state index in [9.17, 15) is 13.2 Å². The van der Waals surface area contributed by atoms with Gasteiger partial charge in [0.1, 0.15) is 11.2 Å². The normalized spacial score (nSPS) is 17.3. The van der Waals surface area contributed by atoms with Crippen LogP contribution < -0.4 is 10.6 Å². The van der Waals surface area contributed by atoms with Crippen LogP contribution in [0.5, 0.6) is 0 Å². The molecule has 0 radical (unpaired) electrons. The van der Waals surface area contributed by atoms with Gasteiger partial charge >= 0.3 is 0 Å². The third-order valence-corrected chi connectivity index (χ3v) is 6.83. The Balaban J connectivity index is 1.38. The molecule has 1 saturated carbocycles. The number of aromatic amines is 1. The number of amides is 1. The second-order valence-electron chi connectivity index (χ2n) is 8.64. The number of nitrogens with zero attached hydrogens (tertiary/aromatic N) is 5. The maximum Gasteiger partial charge on any atom is 0.253 e. The lowest BCUT2D eigenvalue weighted by Gasteiger charge is -2.32. The topological polar surface area (TPSA) is 136 Å². The molecule has 0 unspecified atom stereocenters. The van der Waals surface area contributed by atoms with Gasteiger partial charge in [0, 0.05) is 49.7 Å². The molecule has 11 nitrogen and oxygen atoms in total. The summed E-state index contributed by atoms with van der Waals surface area (Å²) >= 11 is 0. The van der Waals surface area contributed by atoms with Crippen molar-refractivity contribution in [3.05, 3.63) is 29.8 Å². The molecule has 2 aliphatic rings. The highest BCUT2D eigenvalue weighted by Gasteiger charge is 2.27. The van der Waals surface area contributed by atoms with E-state index >= 15 is 0 Å². The highest BCUT2D eigenvalue weighted by molar-refractivity contribution is 7.90. The molecular weight excluding hydrogens is 444 g/mol. The van der Waals surface area contributed by atoms with Crippen LogP contribution >= 0.6 is 0 Å². The van der Waals surface area contributed by atoms with E-state index < -0.39 is 9.84 Å². The van der Waals surface area contributed by atoms with Crippen molar-refractivity contribution in [3.63, 3.8) is 0 Å². The predicted molar refractivity (Wildman–Crippen MR) is 125 cm³/mol. The van der Waals surface area contributed by atoms with Gasteiger partial charge in [-0.05, 0) is 44.2 Å². The fraction of sp³-hybridized carbons (Fsp3) is 0.429. The maximum absolute atomic E-state index is 12.8. The molecule has 5 rings (SSSR count). The van der Waals surface area contributed by atoms with Gasteiger partial charge in [-0.2, -0.15) is 15.1 Å². The molecule has 2 fully saturated rings. The number of hydrogen-bond donors (Lipinski definition) is 3. The summed E-state index contributed by atoms with van der Waals surface area (Å²) in [6, 6.07) is 7.43. The van der Waals surface area contributed by atoms with Gasteiger partial charge in [0.15, 0.2) is 20.5 Å². The van der Waals surface area contributed by atoms with Crippen LogP contribution in [0.15, 0.2) is 29.3 Å². The van der Waals surface area contributed by atoms with Crippen LogP contribution in [0.3, 0.4) is 0 Å². The van der Waals surface area contributed by atoms with Gasteiger partial charge < -0.3 is 20.4 Å². The van der Waals surface area contributed by atoms with E-state index in [0.717, 1.165) is 45.3 Å². The Morgan fingerprint density at radius 2 is 1.79 bits per heavy atom. The third kappa shape index (κ3) is 4.62. The second kappa shape index (κ2) is 8.27. The smallest absolute Gasteiger partial charge is 0.253 e. The first-order chi connectivity index (χ1) is 15.8. The number of hydrogen-bond acceptors (Lipinski definition) is 9. The number of likely N-dealkylation sites (N-methyl/N-ethyl adjacent to an activating group) is 1. The molecule has 3 aromatic rings. The van der Waals surface area contributed by atoms with Crippen LogP contribution in [0.4, 0.5) is 17.5 Å². The van der Waals surface area contributed by atoms with E-state index in [4.69, 9.17) is 0 Å². The zero-order valence-electron chi connectivity index (χ0n) is 18.5. The van der Waals surface area contributed by atoms with Gasteiger partial charge in [-0.1, -0.05) is 0 Å². The zero-order chi connectivity index (χ0) is 23.2. The molecule has 12 heteroatoms. The number of benzene rings is 1. The minimum absolute atomic E-state index is 0.0222. The van der Waals surface area contributed by atoms with Crippen molar-refractivity contribution in [3.8, 4) is 0 Å². The number of sulfone groups is 1. The van der Waals surface area contributed by atoms with Crippen molar-refractivity contribution in [2.45, 2.75) is 23.9 Å². The van der Waals surface area contributed by atoms with E-state index in [-0.39, 0.29) is 17.0 Å². The van der Waals surface area contributed by atoms with E-state index in [1.165, 1.54) is 0 Å². The lowest BCUT2D eigenvalue weighted by Crippen LogP contribution is -2.47. The second-order valence-corrected chi connectivity index (χ2v) is 10.6. The Morgan fingerprint density at radius 1 is 1.09 bits per heavy atom. The molecular formula is C21H26N8O3S. The molecule has 1 aliphatic heterocycles. The van der Waals surface area contributed by atoms with Crippen LogP contribution in [0.2, 0.25) is 0 Å². The number of fused-ring (bicyclic) bond motifs is 1. The fourth-order valence-electron chi connectivity index (χ4n) is 3.77. The lowest BCUT2D eigenvalue weighted by molar-refractivity contribution is 0.0664. The summed E-state index contributed by atoms with van der Waals surface area (Å²) in [5.74, 6) is 0.752. The number of carbonyl (C=O) groups is 1. The number of H-pyrrole nitrogens is 1. The predicted octanol–water partition coefficient (Wildman–Crippen LogP) is 1.46. The largest absolute Gasteiger partial charge is 0.367 e. The maximum atomic E-state index is 12.8. The van der Waals surface area contributed by atoms with Crippen LogP contribution in [0.25, 0.3) is 11.0 Å². The Bertz CT molecular complexity index is 1290. The first-order valence-corrected chi connectivity index (χ1v) is 12.7. The van der Waals surface area contributed by atoms with Crippen LogP contribution in [0.1, 0.15) is 23.2 Å². The molecule has 174 valence electrons. The molecule has 0 spiro atoms. The molecule has 1 aromatic carbocycles. The van der Waals surface area contributed by atoms with Gasteiger partial charge in [0.05, 0.1) is 0 Å². The molecule has 1 aliphatic carbocycles. The zero-order valence-corrected chi connectivity index (χ0v) is 19.3. The molecule has 1 saturated heterocycles.